The average molecular weight is 242 g/mol. The Labute approximate surface area is 104 Å². The van der Waals surface area contributed by atoms with Crippen molar-refractivity contribution < 1.29 is 9.90 Å². The van der Waals surface area contributed by atoms with Gasteiger partial charge in [-0.3, -0.25) is 5.43 Å². The number of hydrazone groups is 1. The van der Waals surface area contributed by atoms with Crippen molar-refractivity contribution in [2.75, 3.05) is 5.43 Å². The van der Waals surface area contributed by atoms with Crippen LogP contribution in [0.15, 0.2) is 17.2 Å². The second kappa shape index (κ2) is 5.46. The van der Waals surface area contributed by atoms with Gasteiger partial charge < -0.3 is 5.11 Å². The number of hydrogen-bond acceptors (Lipinski definition) is 5. The van der Waals surface area contributed by atoms with E-state index in [-0.39, 0.29) is 17.0 Å². The second-order valence-corrected chi connectivity index (χ2v) is 3.61. The van der Waals surface area contributed by atoms with Crippen molar-refractivity contribution in [3.63, 3.8) is 0 Å². The largest absolute Gasteiger partial charge is 0.478 e. The average Bonchev–Trinajstić information content (AvgIpc) is 2.31. The highest BCUT2D eigenvalue weighted by molar-refractivity contribution is 6.10. The number of hydrogen-bond donors (Lipinski definition) is 2. The molecule has 2 N–H and O–H groups in total. The summed E-state index contributed by atoms with van der Waals surface area (Å²) in [5.41, 5.74) is 3.89. The van der Waals surface area contributed by atoms with Crippen LogP contribution in [0.25, 0.3) is 0 Å². The smallest absolute Gasteiger partial charge is 0.337 e. The summed E-state index contributed by atoms with van der Waals surface area (Å²) < 4.78 is 0. The lowest BCUT2D eigenvalue weighted by atomic mass is 10.0. The summed E-state index contributed by atoms with van der Waals surface area (Å²) in [5.74, 6) is -1.10. The Morgan fingerprint density at radius 3 is 2.44 bits per heavy atom. The van der Waals surface area contributed by atoms with E-state index in [9.17, 15) is 4.79 Å². The van der Waals surface area contributed by atoms with Crippen molar-refractivity contribution in [2.24, 2.45) is 5.10 Å². The summed E-state index contributed by atoms with van der Waals surface area (Å²) in [6, 6.07) is 6.43. The predicted molar refractivity (Wildman–Crippen MR) is 65.2 cm³/mol. The molecular formula is C12H10N4O2. The van der Waals surface area contributed by atoms with Gasteiger partial charge in [-0.15, -0.1) is 0 Å². The SMILES string of the molecule is Cc1cc(C)c(NN=C(C#N)C#N)c(C(=O)O)c1. The Bertz CT molecular complexity index is 590. The first-order valence-electron chi connectivity index (χ1n) is 4.98. The van der Waals surface area contributed by atoms with E-state index in [2.05, 4.69) is 10.5 Å². The first kappa shape index (κ1) is 13.2. The Balaban J connectivity index is 3.26. The van der Waals surface area contributed by atoms with Crippen LogP contribution in [0.2, 0.25) is 0 Å². The molecule has 0 atom stereocenters. The van der Waals surface area contributed by atoms with E-state index >= 15 is 0 Å². The molecular weight excluding hydrogens is 232 g/mol. The zero-order valence-corrected chi connectivity index (χ0v) is 9.85. The van der Waals surface area contributed by atoms with E-state index in [0.29, 0.717) is 5.56 Å². The van der Waals surface area contributed by atoms with Crippen molar-refractivity contribution in [1.29, 1.82) is 10.5 Å². The van der Waals surface area contributed by atoms with Gasteiger partial charge in [-0.05, 0) is 31.0 Å². The lowest BCUT2D eigenvalue weighted by molar-refractivity contribution is 0.0697. The van der Waals surface area contributed by atoms with Gasteiger partial charge in [0, 0.05) is 0 Å². The van der Waals surface area contributed by atoms with Crippen LogP contribution in [-0.2, 0) is 0 Å². The molecule has 0 radical (unpaired) electrons. The molecule has 0 heterocycles. The highest BCUT2D eigenvalue weighted by atomic mass is 16.4. The number of nitrogens with one attached hydrogen (secondary N) is 1. The molecule has 0 aliphatic carbocycles. The first-order chi connectivity index (χ1) is 8.49. The number of aryl methyl sites for hydroxylation is 2. The number of benzene rings is 1. The van der Waals surface area contributed by atoms with Crippen LogP contribution in [0.1, 0.15) is 21.5 Å². The van der Waals surface area contributed by atoms with Crippen LogP contribution in [0, 0.1) is 36.5 Å². The lowest BCUT2D eigenvalue weighted by Gasteiger charge is -2.10. The molecule has 0 fully saturated rings. The number of nitriles is 2. The molecule has 0 saturated carbocycles. The molecule has 1 aromatic carbocycles. The van der Waals surface area contributed by atoms with Gasteiger partial charge >= 0.3 is 5.97 Å². The summed E-state index contributed by atoms with van der Waals surface area (Å²) in [6.45, 7) is 3.50. The van der Waals surface area contributed by atoms with E-state index in [1.165, 1.54) is 6.07 Å². The van der Waals surface area contributed by atoms with E-state index < -0.39 is 5.97 Å². The van der Waals surface area contributed by atoms with Gasteiger partial charge in [0.25, 0.3) is 0 Å². The number of aromatic carboxylic acids is 1. The van der Waals surface area contributed by atoms with Crippen LogP contribution in [-0.4, -0.2) is 16.8 Å². The maximum atomic E-state index is 11.1. The predicted octanol–water partition coefficient (Wildman–Crippen LogP) is 1.82. The van der Waals surface area contributed by atoms with Crippen LogP contribution < -0.4 is 5.43 Å². The molecule has 1 aromatic rings. The first-order valence-corrected chi connectivity index (χ1v) is 4.98. The number of nitrogens with zero attached hydrogens (tertiary/aromatic N) is 3. The van der Waals surface area contributed by atoms with E-state index in [1.807, 2.05) is 0 Å². The highest BCUT2D eigenvalue weighted by Crippen LogP contribution is 2.22. The van der Waals surface area contributed by atoms with Gasteiger partial charge in [-0.25, -0.2) is 4.79 Å². The van der Waals surface area contributed by atoms with E-state index in [1.54, 1.807) is 32.1 Å². The van der Waals surface area contributed by atoms with Gasteiger partial charge in [0.2, 0.25) is 5.71 Å². The van der Waals surface area contributed by atoms with Crippen LogP contribution in [0.5, 0.6) is 0 Å². The second-order valence-electron chi connectivity index (χ2n) is 3.61. The maximum absolute atomic E-state index is 11.1. The zero-order chi connectivity index (χ0) is 13.7. The fourth-order valence-corrected chi connectivity index (χ4v) is 1.47. The number of carboxylic acids is 1. The Kier molecular flexibility index (Phi) is 4.01. The number of rotatable bonds is 3. The normalized spacial score (nSPS) is 8.89. The Morgan fingerprint density at radius 2 is 1.94 bits per heavy atom. The quantitative estimate of drug-likeness (QED) is 0.620. The van der Waals surface area contributed by atoms with Crippen molar-refractivity contribution >= 4 is 17.4 Å². The summed E-state index contributed by atoms with van der Waals surface area (Å²) in [4.78, 5) is 11.1. The molecule has 6 nitrogen and oxygen atoms in total. The molecule has 0 aliphatic rings. The zero-order valence-electron chi connectivity index (χ0n) is 9.85. The third-order valence-electron chi connectivity index (χ3n) is 2.20. The molecule has 0 bridgehead atoms. The fourth-order valence-electron chi connectivity index (χ4n) is 1.47. The molecule has 0 aromatic heterocycles. The van der Waals surface area contributed by atoms with E-state index in [0.717, 1.165) is 5.56 Å². The lowest BCUT2D eigenvalue weighted by Crippen LogP contribution is -2.06. The highest BCUT2D eigenvalue weighted by Gasteiger charge is 2.13. The topological polar surface area (TPSA) is 109 Å². The standard InChI is InChI=1S/C12H10N4O2/c1-7-3-8(2)11(10(4-7)12(17)18)16-15-9(5-13)6-14/h3-4,16H,1-2H3,(H,17,18). The molecule has 90 valence electrons. The van der Waals surface area contributed by atoms with Crippen molar-refractivity contribution in [1.82, 2.24) is 0 Å². The molecule has 18 heavy (non-hydrogen) atoms. The number of anilines is 1. The summed E-state index contributed by atoms with van der Waals surface area (Å²) >= 11 is 0. The van der Waals surface area contributed by atoms with Crippen molar-refractivity contribution in [3.05, 3.63) is 28.8 Å². The number of carboxylic acid groups (broad SMARTS) is 1. The Morgan fingerprint density at radius 1 is 1.33 bits per heavy atom. The number of carbonyl (C=O) groups is 1. The van der Waals surface area contributed by atoms with Crippen molar-refractivity contribution in [3.8, 4) is 12.1 Å². The van der Waals surface area contributed by atoms with Gasteiger partial charge in [0.1, 0.15) is 12.1 Å². The van der Waals surface area contributed by atoms with E-state index in [4.69, 9.17) is 15.6 Å². The molecule has 0 unspecified atom stereocenters. The minimum atomic E-state index is -1.10. The van der Waals surface area contributed by atoms with Gasteiger partial charge in [0.15, 0.2) is 0 Å². The van der Waals surface area contributed by atoms with Crippen LogP contribution >= 0.6 is 0 Å². The molecule has 0 aliphatic heterocycles. The van der Waals surface area contributed by atoms with Crippen LogP contribution in [0.3, 0.4) is 0 Å². The summed E-state index contributed by atoms with van der Waals surface area (Å²) in [6.07, 6.45) is 0. The minimum absolute atomic E-state index is 0.0477. The van der Waals surface area contributed by atoms with Gasteiger partial charge in [-0.2, -0.15) is 15.6 Å². The van der Waals surface area contributed by atoms with Gasteiger partial charge in [-0.1, -0.05) is 6.07 Å². The third-order valence-corrected chi connectivity index (χ3v) is 2.20. The minimum Gasteiger partial charge on any atom is -0.478 e. The third kappa shape index (κ3) is 2.83. The fraction of sp³-hybridized carbons (Fsp3) is 0.167. The Hall–Kier alpha value is -2.86. The summed E-state index contributed by atoms with van der Waals surface area (Å²) in [7, 11) is 0. The van der Waals surface area contributed by atoms with Gasteiger partial charge in [0.05, 0.1) is 11.3 Å². The van der Waals surface area contributed by atoms with Crippen molar-refractivity contribution in [2.45, 2.75) is 13.8 Å². The maximum Gasteiger partial charge on any atom is 0.337 e. The molecule has 0 amide bonds. The summed E-state index contributed by atoms with van der Waals surface area (Å²) in [5, 5.41) is 29.7. The monoisotopic (exact) mass is 242 g/mol. The molecule has 6 heteroatoms. The molecule has 1 rings (SSSR count). The molecule has 0 saturated heterocycles. The van der Waals surface area contributed by atoms with Crippen LogP contribution in [0.4, 0.5) is 5.69 Å². The molecule has 0 spiro atoms.